The molecule has 0 aromatic heterocycles. The van der Waals surface area contributed by atoms with Crippen LogP contribution < -0.4 is 0 Å². The predicted octanol–water partition coefficient (Wildman–Crippen LogP) is 2.40. The monoisotopic (exact) mass is 251 g/mol. The quantitative estimate of drug-likeness (QED) is 0.805. The molecule has 4 heteroatoms. The van der Waals surface area contributed by atoms with E-state index >= 15 is 0 Å². The fourth-order valence-electron chi connectivity index (χ4n) is 1.59. The second-order valence-corrected chi connectivity index (χ2v) is 4.74. The van der Waals surface area contributed by atoms with Crippen LogP contribution in [0.4, 0.5) is 0 Å². The summed E-state index contributed by atoms with van der Waals surface area (Å²) in [6, 6.07) is 9.53. The maximum atomic E-state index is 9.28. The Bertz CT molecular complexity index is 398. The molecule has 1 aromatic carbocycles. The third-order valence-electron chi connectivity index (χ3n) is 2.66. The van der Waals surface area contributed by atoms with Crippen molar-refractivity contribution < 1.29 is 0 Å². The van der Waals surface area contributed by atoms with Gasteiger partial charge in [-0.2, -0.15) is 5.26 Å². The summed E-state index contributed by atoms with van der Waals surface area (Å²) in [5, 5.41) is 9.92. The van der Waals surface area contributed by atoms with Gasteiger partial charge in [0.1, 0.15) is 6.04 Å². The number of hydrogen-bond donors (Lipinski definition) is 0. The van der Waals surface area contributed by atoms with Crippen molar-refractivity contribution in [3.05, 3.63) is 34.9 Å². The van der Waals surface area contributed by atoms with E-state index in [-0.39, 0.29) is 6.04 Å². The summed E-state index contributed by atoms with van der Waals surface area (Å²) in [6.07, 6.45) is 0. The van der Waals surface area contributed by atoms with Crippen LogP contribution in [0.5, 0.6) is 0 Å². The van der Waals surface area contributed by atoms with Crippen LogP contribution in [-0.4, -0.2) is 44.0 Å². The zero-order valence-corrected chi connectivity index (χ0v) is 11.3. The smallest absolute Gasteiger partial charge is 0.125 e. The van der Waals surface area contributed by atoms with Crippen LogP contribution in [0.15, 0.2) is 24.3 Å². The van der Waals surface area contributed by atoms with E-state index in [1.165, 1.54) is 0 Å². The van der Waals surface area contributed by atoms with Crippen molar-refractivity contribution in [3.63, 3.8) is 0 Å². The molecule has 0 radical (unpaired) electrons. The molecule has 1 atom stereocenters. The molecule has 17 heavy (non-hydrogen) atoms. The van der Waals surface area contributed by atoms with Crippen LogP contribution in [0.3, 0.4) is 0 Å². The molecule has 1 unspecified atom stereocenters. The SMILES string of the molecule is CN(C)CCN(C)C(C#N)c1ccccc1Cl. The Kier molecular flexibility index (Phi) is 5.43. The van der Waals surface area contributed by atoms with Crippen LogP contribution in [-0.2, 0) is 0 Å². The van der Waals surface area contributed by atoms with Crippen molar-refractivity contribution in [2.75, 3.05) is 34.2 Å². The van der Waals surface area contributed by atoms with Gasteiger partial charge in [-0.25, -0.2) is 0 Å². The average Bonchev–Trinajstić information content (AvgIpc) is 2.30. The summed E-state index contributed by atoms with van der Waals surface area (Å²) < 4.78 is 0. The van der Waals surface area contributed by atoms with E-state index in [9.17, 15) is 5.26 Å². The van der Waals surface area contributed by atoms with E-state index in [0.717, 1.165) is 18.7 Å². The second-order valence-electron chi connectivity index (χ2n) is 4.34. The van der Waals surface area contributed by atoms with Crippen LogP contribution in [0.1, 0.15) is 11.6 Å². The summed E-state index contributed by atoms with van der Waals surface area (Å²) >= 11 is 6.12. The highest BCUT2D eigenvalue weighted by molar-refractivity contribution is 6.31. The third-order valence-corrected chi connectivity index (χ3v) is 3.01. The first-order valence-electron chi connectivity index (χ1n) is 5.55. The fraction of sp³-hybridized carbons (Fsp3) is 0.462. The minimum atomic E-state index is -0.288. The molecule has 0 aliphatic rings. The lowest BCUT2D eigenvalue weighted by atomic mass is 10.1. The molecule has 3 nitrogen and oxygen atoms in total. The highest BCUT2D eigenvalue weighted by atomic mass is 35.5. The Labute approximate surface area is 108 Å². The maximum absolute atomic E-state index is 9.28. The minimum absolute atomic E-state index is 0.288. The van der Waals surface area contributed by atoms with E-state index in [0.29, 0.717) is 5.02 Å². The van der Waals surface area contributed by atoms with Crippen LogP contribution >= 0.6 is 11.6 Å². The second kappa shape index (κ2) is 6.61. The topological polar surface area (TPSA) is 30.3 Å². The number of benzene rings is 1. The molecule has 0 saturated carbocycles. The zero-order chi connectivity index (χ0) is 12.8. The lowest BCUT2D eigenvalue weighted by Crippen LogP contribution is -2.31. The van der Waals surface area contributed by atoms with Crippen LogP contribution in [0.2, 0.25) is 5.02 Å². The molecule has 0 spiro atoms. The Morgan fingerprint density at radius 3 is 2.41 bits per heavy atom. The third kappa shape index (κ3) is 4.01. The molecule has 1 aromatic rings. The molecule has 0 bridgehead atoms. The summed E-state index contributed by atoms with van der Waals surface area (Å²) in [6.45, 7) is 1.75. The average molecular weight is 252 g/mol. The van der Waals surface area contributed by atoms with E-state index in [1.54, 1.807) is 0 Å². The number of hydrogen-bond acceptors (Lipinski definition) is 3. The Balaban J connectivity index is 2.79. The molecule has 0 aliphatic heterocycles. The standard InChI is InChI=1S/C13H18ClN3/c1-16(2)8-9-17(3)13(10-15)11-6-4-5-7-12(11)14/h4-7,13H,8-9H2,1-3H3. The van der Waals surface area contributed by atoms with Gasteiger partial charge in [0.15, 0.2) is 0 Å². The molecular weight excluding hydrogens is 234 g/mol. The van der Waals surface area contributed by atoms with Crippen LogP contribution in [0.25, 0.3) is 0 Å². The Morgan fingerprint density at radius 2 is 1.88 bits per heavy atom. The Hall–Kier alpha value is -1.08. The van der Waals surface area contributed by atoms with Gasteiger partial charge in [-0.15, -0.1) is 0 Å². The van der Waals surface area contributed by atoms with Crippen molar-refractivity contribution in [1.82, 2.24) is 9.80 Å². The van der Waals surface area contributed by atoms with Gasteiger partial charge in [-0.3, -0.25) is 4.90 Å². The first-order valence-corrected chi connectivity index (χ1v) is 5.93. The van der Waals surface area contributed by atoms with Gasteiger partial charge in [-0.05, 0) is 27.2 Å². The molecule has 0 amide bonds. The van der Waals surface area contributed by atoms with E-state index in [1.807, 2.05) is 50.3 Å². The van der Waals surface area contributed by atoms with E-state index in [4.69, 9.17) is 11.6 Å². The largest absolute Gasteiger partial charge is 0.308 e. The summed E-state index contributed by atoms with van der Waals surface area (Å²) in [4.78, 5) is 4.11. The minimum Gasteiger partial charge on any atom is -0.308 e. The van der Waals surface area contributed by atoms with Gasteiger partial charge in [0.05, 0.1) is 6.07 Å². The van der Waals surface area contributed by atoms with Crippen molar-refractivity contribution in [3.8, 4) is 6.07 Å². The van der Waals surface area contributed by atoms with Crippen molar-refractivity contribution in [2.45, 2.75) is 6.04 Å². The maximum Gasteiger partial charge on any atom is 0.125 e. The van der Waals surface area contributed by atoms with Crippen molar-refractivity contribution in [1.29, 1.82) is 5.26 Å². The molecule has 0 heterocycles. The van der Waals surface area contributed by atoms with E-state index in [2.05, 4.69) is 11.0 Å². The highest BCUT2D eigenvalue weighted by Crippen LogP contribution is 2.25. The fourth-order valence-corrected chi connectivity index (χ4v) is 1.83. The van der Waals surface area contributed by atoms with Gasteiger partial charge >= 0.3 is 0 Å². The predicted molar refractivity (Wildman–Crippen MR) is 71.0 cm³/mol. The van der Waals surface area contributed by atoms with E-state index < -0.39 is 0 Å². The number of nitrogens with zero attached hydrogens (tertiary/aromatic N) is 3. The number of likely N-dealkylation sites (N-methyl/N-ethyl adjacent to an activating group) is 2. The van der Waals surface area contributed by atoms with Gasteiger partial charge in [-0.1, -0.05) is 29.8 Å². The summed E-state index contributed by atoms with van der Waals surface area (Å²) in [5.74, 6) is 0. The van der Waals surface area contributed by atoms with Gasteiger partial charge < -0.3 is 4.90 Å². The first-order chi connectivity index (χ1) is 8.06. The van der Waals surface area contributed by atoms with Gasteiger partial charge in [0.2, 0.25) is 0 Å². The molecule has 1 rings (SSSR count). The highest BCUT2D eigenvalue weighted by Gasteiger charge is 2.18. The molecule has 92 valence electrons. The molecular formula is C13H18ClN3. The Morgan fingerprint density at radius 1 is 1.24 bits per heavy atom. The normalized spacial score (nSPS) is 12.8. The molecule has 0 N–H and O–H groups in total. The molecule has 0 aliphatic carbocycles. The molecule has 0 saturated heterocycles. The van der Waals surface area contributed by atoms with Crippen molar-refractivity contribution in [2.24, 2.45) is 0 Å². The first kappa shape index (κ1) is 14.0. The van der Waals surface area contributed by atoms with Gasteiger partial charge in [0, 0.05) is 23.7 Å². The van der Waals surface area contributed by atoms with Gasteiger partial charge in [0.25, 0.3) is 0 Å². The number of halogens is 1. The number of nitriles is 1. The van der Waals surface area contributed by atoms with Crippen LogP contribution in [0, 0.1) is 11.3 Å². The molecule has 0 fully saturated rings. The zero-order valence-electron chi connectivity index (χ0n) is 10.5. The lowest BCUT2D eigenvalue weighted by molar-refractivity contribution is 0.253. The number of rotatable bonds is 5. The lowest BCUT2D eigenvalue weighted by Gasteiger charge is -2.24. The van der Waals surface area contributed by atoms with Crippen molar-refractivity contribution >= 4 is 11.6 Å². The summed E-state index contributed by atoms with van der Waals surface area (Å²) in [7, 11) is 5.98. The summed E-state index contributed by atoms with van der Waals surface area (Å²) in [5.41, 5.74) is 0.873.